The predicted molar refractivity (Wildman–Crippen MR) is 66.5 cm³/mol. The number of hydrogen-bond acceptors (Lipinski definition) is 1. The molecule has 0 radical (unpaired) electrons. The summed E-state index contributed by atoms with van der Waals surface area (Å²) in [5.41, 5.74) is 2.81. The van der Waals surface area contributed by atoms with Gasteiger partial charge in [-0.15, -0.1) is 16.9 Å². The van der Waals surface area contributed by atoms with E-state index in [-0.39, 0.29) is 0 Å². The smallest absolute Gasteiger partial charge is 0.102 e. The number of allylic oxidation sites excluding steroid dienone is 2. The molecule has 0 atom stereocenters. The Hall–Kier alpha value is -0.733. The highest BCUT2D eigenvalue weighted by molar-refractivity contribution is 7.98. The quantitative estimate of drug-likeness (QED) is 0.395. The maximum Gasteiger partial charge on any atom is 0.102 e. The molecule has 0 saturated carbocycles. The number of thioether (sulfide) groups is 1. The summed E-state index contributed by atoms with van der Waals surface area (Å²) in [6.07, 6.45) is 8.72. The zero-order chi connectivity index (χ0) is 9.97. The average molecular weight is 216 g/mol. The Kier molecular flexibility index (Phi) is 2.94. The largest absolute Gasteiger partial charge is 0.411 e. The molecule has 1 aromatic rings. The Morgan fingerprint density at radius 1 is 1.36 bits per heavy atom. The molecular formula is C12H12SSi. The van der Waals surface area contributed by atoms with Crippen molar-refractivity contribution in [1.82, 2.24) is 0 Å². The molecule has 2 rings (SSSR count). The van der Waals surface area contributed by atoms with Crippen LogP contribution in [0.15, 0.2) is 35.2 Å². The fraction of sp³-hybridized carbons (Fsp3) is 0.167. The molecule has 1 aliphatic rings. The fourth-order valence-corrected chi connectivity index (χ4v) is 3.21. The molecule has 0 unspecified atom stereocenters. The van der Waals surface area contributed by atoms with Gasteiger partial charge in [0.1, 0.15) is 5.56 Å². The fourth-order valence-electron chi connectivity index (χ4n) is 1.68. The Labute approximate surface area is 91.9 Å². The molecule has 0 nitrogen and oxygen atoms in total. The number of fused-ring (bicyclic) bond motifs is 1. The van der Waals surface area contributed by atoms with Crippen LogP contribution in [0.5, 0.6) is 0 Å². The monoisotopic (exact) mass is 216 g/mol. The van der Waals surface area contributed by atoms with E-state index in [1.165, 1.54) is 21.2 Å². The van der Waals surface area contributed by atoms with E-state index in [0.717, 1.165) is 9.13 Å². The normalized spacial score (nSPS) is 16.6. The van der Waals surface area contributed by atoms with E-state index in [1.807, 2.05) is 11.8 Å². The summed E-state index contributed by atoms with van der Waals surface area (Å²) < 4.78 is 0. The Morgan fingerprint density at radius 3 is 2.93 bits per heavy atom. The lowest BCUT2D eigenvalue weighted by molar-refractivity contribution is 1.35. The van der Waals surface area contributed by atoms with Crippen LogP contribution in [-0.4, -0.2) is 20.6 Å². The summed E-state index contributed by atoms with van der Waals surface area (Å²) in [6.45, 7) is 2.24. The van der Waals surface area contributed by atoms with Crippen LogP contribution >= 0.6 is 11.8 Å². The summed E-state index contributed by atoms with van der Waals surface area (Å²) >= 11 is 1.83. The summed E-state index contributed by atoms with van der Waals surface area (Å²) in [6, 6.07) is 6.53. The van der Waals surface area contributed by atoms with Crippen molar-refractivity contribution in [2.75, 3.05) is 6.26 Å². The van der Waals surface area contributed by atoms with Gasteiger partial charge in [-0.1, -0.05) is 0 Å². The number of hydrogen-bond donors (Lipinski definition) is 0. The Balaban J connectivity index is 2.62. The SMILES string of the molecule is C[Si-]=C1C=C[CH+]c2cccc(SC)c21. The maximum absolute atomic E-state index is 2.24. The minimum atomic E-state index is 0.870. The number of rotatable bonds is 1. The lowest BCUT2D eigenvalue weighted by atomic mass is 9.97. The molecule has 2 heteroatoms. The highest BCUT2D eigenvalue weighted by Gasteiger charge is 2.15. The van der Waals surface area contributed by atoms with Crippen molar-refractivity contribution in [3.8, 4) is 0 Å². The molecule has 14 heavy (non-hydrogen) atoms. The van der Waals surface area contributed by atoms with Gasteiger partial charge in [0.25, 0.3) is 0 Å². The molecule has 0 aromatic heterocycles. The van der Waals surface area contributed by atoms with Crippen molar-refractivity contribution in [3.63, 3.8) is 0 Å². The molecule has 0 fully saturated rings. The van der Waals surface area contributed by atoms with Crippen molar-refractivity contribution in [3.05, 3.63) is 47.9 Å². The third-order valence-corrected chi connectivity index (χ3v) is 4.09. The summed E-state index contributed by atoms with van der Waals surface area (Å²) in [5.74, 6) is 0. The molecule has 0 aliphatic heterocycles. The highest BCUT2D eigenvalue weighted by atomic mass is 32.2. The van der Waals surface area contributed by atoms with Crippen LogP contribution in [0.25, 0.3) is 0 Å². The molecule has 0 amide bonds. The first-order chi connectivity index (χ1) is 6.86. The highest BCUT2D eigenvalue weighted by Crippen LogP contribution is 2.27. The van der Waals surface area contributed by atoms with Crippen LogP contribution in [0.1, 0.15) is 11.1 Å². The molecule has 0 N–H and O–H groups in total. The summed E-state index contributed by atoms with van der Waals surface area (Å²) in [4.78, 5) is 1.40. The van der Waals surface area contributed by atoms with E-state index in [9.17, 15) is 0 Å². The van der Waals surface area contributed by atoms with Gasteiger partial charge >= 0.3 is 0 Å². The molecule has 0 heterocycles. The first-order valence-electron chi connectivity index (χ1n) is 4.60. The molecule has 1 aliphatic carbocycles. The second-order valence-electron chi connectivity index (χ2n) is 3.11. The van der Waals surface area contributed by atoms with E-state index in [0.29, 0.717) is 0 Å². The van der Waals surface area contributed by atoms with Gasteiger partial charge in [0.2, 0.25) is 0 Å². The van der Waals surface area contributed by atoms with Crippen molar-refractivity contribution >= 4 is 26.1 Å². The Morgan fingerprint density at radius 2 is 2.21 bits per heavy atom. The van der Waals surface area contributed by atoms with E-state index in [4.69, 9.17) is 0 Å². The van der Waals surface area contributed by atoms with Gasteiger partial charge in [0.15, 0.2) is 0 Å². The first kappa shape index (κ1) is 9.81. The molecule has 70 valence electrons. The van der Waals surface area contributed by atoms with Crippen molar-refractivity contribution in [2.24, 2.45) is 0 Å². The van der Waals surface area contributed by atoms with Gasteiger partial charge in [-0.2, -0.15) is 0 Å². The minimum absolute atomic E-state index is 0.870. The van der Waals surface area contributed by atoms with Crippen LogP contribution < -0.4 is 0 Å². The first-order valence-corrected chi connectivity index (χ1v) is 7.33. The van der Waals surface area contributed by atoms with Gasteiger partial charge in [-0.05, 0) is 24.5 Å². The zero-order valence-corrected chi connectivity index (χ0v) is 10.2. The molecule has 1 aromatic carbocycles. The second-order valence-corrected chi connectivity index (χ2v) is 5.00. The number of benzene rings is 1. The van der Waals surface area contributed by atoms with E-state index in [1.54, 1.807) is 0 Å². The summed E-state index contributed by atoms with van der Waals surface area (Å²) in [5, 5.41) is 1.48. The van der Waals surface area contributed by atoms with Gasteiger partial charge in [0, 0.05) is 24.1 Å². The maximum atomic E-state index is 2.24. The van der Waals surface area contributed by atoms with E-state index < -0.39 is 0 Å². The second kappa shape index (κ2) is 4.19. The standard InChI is InChI=1S/C12H12SSi/c1-13-10-7-3-5-9-6-4-8-11(14-2)12(9)10/h3-8H,1-2H3. The van der Waals surface area contributed by atoms with E-state index in [2.05, 4.69) is 49.6 Å². The van der Waals surface area contributed by atoms with Crippen LogP contribution in [0.3, 0.4) is 0 Å². The molecule has 0 bridgehead atoms. The van der Waals surface area contributed by atoms with Crippen molar-refractivity contribution < 1.29 is 0 Å². The average Bonchev–Trinajstić information content (AvgIpc) is 2.27. The van der Waals surface area contributed by atoms with Crippen LogP contribution in [0, 0.1) is 6.42 Å². The zero-order valence-electron chi connectivity index (χ0n) is 8.37. The third kappa shape index (κ3) is 1.60. The van der Waals surface area contributed by atoms with Gasteiger partial charge in [-0.3, -0.25) is 0 Å². The predicted octanol–water partition coefficient (Wildman–Crippen LogP) is 2.80. The molecule has 0 saturated heterocycles. The van der Waals surface area contributed by atoms with Gasteiger partial charge in [0.05, 0.1) is 4.90 Å². The molecular weight excluding hydrogens is 204 g/mol. The van der Waals surface area contributed by atoms with Crippen LogP contribution in [-0.2, 0) is 0 Å². The third-order valence-electron chi connectivity index (χ3n) is 2.36. The van der Waals surface area contributed by atoms with Gasteiger partial charge in [-0.25, -0.2) is 6.55 Å². The topological polar surface area (TPSA) is 0 Å². The van der Waals surface area contributed by atoms with Crippen molar-refractivity contribution in [2.45, 2.75) is 11.4 Å². The van der Waals surface area contributed by atoms with Crippen molar-refractivity contribution in [1.29, 1.82) is 0 Å². The van der Waals surface area contributed by atoms with Crippen LogP contribution in [0.4, 0.5) is 0 Å². The molecule has 0 spiro atoms. The Bertz CT molecular complexity index is 405. The van der Waals surface area contributed by atoms with Crippen LogP contribution in [0.2, 0.25) is 6.55 Å². The lowest BCUT2D eigenvalue weighted by Gasteiger charge is -2.15. The lowest BCUT2D eigenvalue weighted by Crippen LogP contribution is -2.09. The van der Waals surface area contributed by atoms with E-state index >= 15 is 0 Å². The summed E-state index contributed by atoms with van der Waals surface area (Å²) in [7, 11) is 0.870. The van der Waals surface area contributed by atoms with Gasteiger partial charge < -0.3 is 9.13 Å². The minimum Gasteiger partial charge on any atom is -0.411 e.